The van der Waals surface area contributed by atoms with Crippen molar-refractivity contribution >= 4 is 17.7 Å². The molecule has 2 atom stereocenters. The van der Waals surface area contributed by atoms with Gasteiger partial charge in [0.05, 0.1) is 23.2 Å². The summed E-state index contributed by atoms with van der Waals surface area (Å²) < 4.78 is 40.8. The van der Waals surface area contributed by atoms with Crippen LogP contribution in [0.3, 0.4) is 0 Å². The summed E-state index contributed by atoms with van der Waals surface area (Å²) in [5, 5.41) is -0.115. The lowest BCUT2D eigenvalue weighted by Gasteiger charge is -2.36. The molecule has 1 fully saturated rings. The number of H-pyrrole nitrogens is 1. The Kier molecular flexibility index (Phi) is 6.22. The van der Waals surface area contributed by atoms with E-state index in [1.165, 1.54) is 36.0 Å². The third-order valence-electron chi connectivity index (χ3n) is 4.80. The van der Waals surface area contributed by atoms with Crippen LogP contribution in [-0.4, -0.2) is 45.2 Å². The van der Waals surface area contributed by atoms with Crippen LogP contribution >= 0.6 is 11.8 Å². The molecule has 2 aromatic rings. The normalized spacial score (nSPS) is 18.8. The van der Waals surface area contributed by atoms with Crippen molar-refractivity contribution in [1.29, 1.82) is 0 Å². The predicted molar refractivity (Wildman–Crippen MR) is 102 cm³/mol. The molecule has 0 spiro atoms. The van der Waals surface area contributed by atoms with Crippen LogP contribution in [0.5, 0.6) is 5.75 Å². The number of hydrogen-bond acceptors (Lipinski definition) is 4. The van der Waals surface area contributed by atoms with Gasteiger partial charge in [-0.2, -0.15) is 11.8 Å². The molecule has 152 valence electrons. The summed E-state index contributed by atoms with van der Waals surface area (Å²) >= 11 is 1.52. The predicted octanol–water partition coefficient (Wildman–Crippen LogP) is 4.78. The zero-order valence-corrected chi connectivity index (χ0v) is 16.4. The number of amides is 1. The Balaban J connectivity index is 1.78. The number of ether oxygens (including phenoxy) is 1. The first-order valence-corrected chi connectivity index (χ1v) is 10.3. The van der Waals surface area contributed by atoms with E-state index in [-0.39, 0.29) is 22.9 Å². The lowest BCUT2D eigenvalue weighted by Crippen LogP contribution is -2.42. The molecule has 1 aromatic carbocycles. The van der Waals surface area contributed by atoms with Crippen molar-refractivity contribution in [3.05, 3.63) is 36.3 Å². The molecule has 1 saturated heterocycles. The van der Waals surface area contributed by atoms with Gasteiger partial charge in [0.2, 0.25) is 5.91 Å². The number of alkyl halides is 3. The van der Waals surface area contributed by atoms with Crippen LogP contribution in [0, 0.1) is 0 Å². The molecule has 0 radical (unpaired) electrons. The van der Waals surface area contributed by atoms with Crippen LogP contribution in [0.15, 0.2) is 30.5 Å². The van der Waals surface area contributed by atoms with E-state index < -0.39 is 6.36 Å². The summed E-state index contributed by atoms with van der Waals surface area (Å²) in [4.78, 5) is 22.3. The highest BCUT2D eigenvalue weighted by atomic mass is 32.2. The summed E-state index contributed by atoms with van der Waals surface area (Å²) in [6, 6.07) is 5.49. The van der Waals surface area contributed by atoms with E-state index >= 15 is 0 Å². The third kappa shape index (κ3) is 4.81. The maximum absolute atomic E-state index is 12.7. The molecule has 1 amide bonds. The minimum atomic E-state index is -4.71. The first kappa shape index (κ1) is 20.6. The second kappa shape index (κ2) is 8.46. The van der Waals surface area contributed by atoms with Crippen LogP contribution < -0.4 is 4.74 Å². The number of thioether (sulfide) groups is 1. The van der Waals surface area contributed by atoms with Crippen molar-refractivity contribution < 1.29 is 22.7 Å². The van der Waals surface area contributed by atoms with Gasteiger partial charge >= 0.3 is 6.36 Å². The van der Waals surface area contributed by atoms with Gasteiger partial charge < -0.3 is 14.6 Å². The first-order chi connectivity index (χ1) is 13.3. The first-order valence-electron chi connectivity index (χ1n) is 9.03. The molecule has 1 aliphatic heterocycles. The number of benzene rings is 1. The number of carbonyl (C=O) groups is 1. The Morgan fingerprint density at radius 1 is 1.32 bits per heavy atom. The number of likely N-dealkylation sites (tertiary alicyclic amines) is 1. The topological polar surface area (TPSA) is 58.2 Å². The van der Waals surface area contributed by atoms with E-state index in [0.29, 0.717) is 23.6 Å². The second-order valence-corrected chi connectivity index (χ2v) is 7.85. The van der Waals surface area contributed by atoms with Gasteiger partial charge in [0.1, 0.15) is 11.6 Å². The fourth-order valence-corrected chi connectivity index (χ4v) is 3.64. The van der Waals surface area contributed by atoms with Gasteiger partial charge in [-0.3, -0.25) is 4.79 Å². The molecular weight excluding hydrogens is 391 g/mol. The van der Waals surface area contributed by atoms with Crippen LogP contribution in [0.25, 0.3) is 11.3 Å². The standard InChI is InChI=1S/C19H22F3N3O2S/c1-12(28-2)18(26)25-10-4-3-5-16(25)17-23-11-15(24-17)13-6-8-14(9-7-13)27-19(20,21)22/h6-9,11-12,16H,3-5,10H2,1-2H3,(H,23,24). The lowest BCUT2D eigenvalue weighted by atomic mass is 10.0. The molecule has 3 rings (SSSR count). The minimum Gasteiger partial charge on any atom is -0.406 e. The third-order valence-corrected chi connectivity index (χ3v) is 5.71. The van der Waals surface area contributed by atoms with Gasteiger partial charge in [-0.05, 0) is 62.3 Å². The van der Waals surface area contributed by atoms with E-state index in [4.69, 9.17) is 0 Å². The van der Waals surface area contributed by atoms with Gasteiger partial charge in [0.25, 0.3) is 0 Å². The zero-order chi connectivity index (χ0) is 20.3. The van der Waals surface area contributed by atoms with Crippen molar-refractivity contribution in [2.45, 2.75) is 43.8 Å². The molecule has 1 N–H and O–H groups in total. The Hall–Kier alpha value is -2.16. The number of carbonyl (C=O) groups excluding carboxylic acids is 1. The van der Waals surface area contributed by atoms with E-state index in [2.05, 4.69) is 14.7 Å². The van der Waals surface area contributed by atoms with Crippen LogP contribution in [0.2, 0.25) is 0 Å². The smallest absolute Gasteiger partial charge is 0.406 e. The van der Waals surface area contributed by atoms with Crippen molar-refractivity contribution in [1.82, 2.24) is 14.9 Å². The Morgan fingerprint density at radius 2 is 2.04 bits per heavy atom. The summed E-state index contributed by atoms with van der Waals surface area (Å²) in [5.41, 5.74) is 1.38. The fourth-order valence-electron chi connectivity index (χ4n) is 3.30. The number of rotatable bonds is 5. The fraction of sp³-hybridized carbons (Fsp3) is 0.474. The van der Waals surface area contributed by atoms with Crippen molar-refractivity contribution in [2.24, 2.45) is 0 Å². The quantitative estimate of drug-likeness (QED) is 0.766. The number of halogens is 3. The van der Waals surface area contributed by atoms with Gasteiger partial charge in [-0.25, -0.2) is 4.98 Å². The average molecular weight is 413 g/mol. The number of imidazole rings is 1. The highest BCUT2D eigenvalue weighted by molar-refractivity contribution is 7.99. The van der Waals surface area contributed by atoms with Crippen LogP contribution in [-0.2, 0) is 4.79 Å². The van der Waals surface area contributed by atoms with Gasteiger partial charge in [-0.1, -0.05) is 0 Å². The van der Waals surface area contributed by atoms with E-state index in [1.807, 2.05) is 18.1 Å². The molecule has 2 heterocycles. The van der Waals surface area contributed by atoms with E-state index in [1.54, 1.807) is 6.20 Å². The molecule has 28 heavy (non-hydrogen) atoms. The lowest BCUT2D eigenvalue weighted by molar-refractivity contribution is -0.274. The summed E-state index contributed by atoms with van der Waals surface area (Å²) in [6.45, 7) is 2.60. The highest BCUT2D eigenvalue weighted by Gasteiger charge is 2.32. The minimum absolute atomic E-state index is 0.101. The largest absolute Gasteiger partial charge is 0.573 e. The number of hydrogen-bond donors (Lipinski definition) is 1. The summed E-state index contributed by atoms with van der Waals surface area (Å²) in [5.74, 6) is 0.530. The molecule has 1 aromatic heterocycles. The maximum Gasteiger partial charge on any atom is 0.573 e. The molecule has 5 nitrogen and oxygen atoms in total. The second-order valence-electron chi connectivity index (χ2n) is 6.68. The summed E-state index contributed by atoms with van der Waals surface area (Å²) in [6.07, 6.45) is 1.66. The molecular formula is C19H22F3N3O2S. The van der Waals surface area contributed by atoms with Gasteiger partial charge in [-0.15, -0.1) is 13.2 Å². The van der Waals surface area contributed by atoms with Crippen molar-refractivity contribution in [3.8, 4) is 17.0 Å². The molecule has 1 aliphatic rings. The molecule has 0 saturated carbocycles. The van der Waals surface area contributed by atoms with Crippen molar-refractivity contribution in [3.63, 3.8) is 0 Å². The highest BCUT2D eigenvalue weighted by Crippen LogP contribution is 2.32. The molecule has 0 aliphatic carbocycles. The zero-order valence-electron chi connectivity index (χ0n) is 15.6. The van der Waals surface area contributed by atoms with Crippen LogP contribution in [0.4, 0.5) is 13.2 Å². The Morgan fingerprint density at radius 3 is 2.68 bits per heavy atom. The van der Waals surface area contributed by atoms with E-state index in [0.717, 1.165) is 19.3 Å². The number of aromatic nitrogens is 2. The number of nitrogens with zero attached hydrogens (tertiary/aromatic N) is 2. The van der Waals surface area contributed by atoms with Crippen LogP contribution in [0.1, 0.15) is 38.1 Å². The monoisotopic (exact) mass is 413 g/mol. The number of aromatic amines is 1. The van der Waals surface area contributed by atoms with Crippen molar-refractivity contribution in [2.75, 3.05) is 12.8 Å². The SMILES string of the molecule is CSC(C)C(=O)N1CCCCC1c1ncc(-c2ccc(OC(F)(F)F)cc2)[nH]1. The Labute approximate surface area is 165 Å². The van der Waals surface area contributed by atoms with Gasteiger partial charge in [0, 0.05) is 6.54 Å². The van der Waals surface area contributed by atoms with E-state index in [9.17, 15) is 18.0 Å². The molecule has 2 unspecified atom stereocenters. The number of nitrogens with one attached hydrogen (secondary N) is 1. The number of piperidine rings is 1. The average Bonchev–Trinajstić information content (AvgIpc) is 3.16. The van der Waals surface area contributed by atoms with Gasteiger partial charge in [0.15, 0.2) is 0 Å². The summed E-state index contributed by atoms with van der Waals surface area (Å²) in [7, 11) is 0. The maximum atomic E-state index is 12.7. The molecule has 9 heteroatoms. The molecule has 0 bridgehead atoms. The Bertz CT molecular complexity index is 808.